The van der Waals surface area contributed by atoms with Crippen molar-refractivity contribution in [1.82, 2.24) is 10.2 Å². The average Bonchev–Trinajstić information content (AvgIpc) is 2.68. The zero-order valence-corrected chi connectivity index (χ0v) is 16.7. The normalized spacial score (nSPS) is 23.7. The highest BCUT2D eigenvalue weighted by molar-refractivity contribution is 5.94. The molecule has 29 heavy (non-hydrogen) atoms. The van der Waals surface area contributed by atoms with E-state index in [1.54, 1.807) is 0 Å². The van der Waals surface area contributed by atoms with E-state index in [1.807, 2.05) is 29.2 Å². The molecule has 0 aromatic heterocycles. The number of Topliss-reactive ketones (excluding diaryl/α,β-unsaturated/α-hetero) is 1. The van der Waals surface area contributed by atoms with Gasteiger partial charge in [0.05, 0.1) is 12.5 Å². The summed E-state index contributed by atoms with van der Waals surface area (Å²) in [7, 11) is 0. The number of nitrogens with one attached hydrogen (secondary N) is 1. The lowest BCUT2D eigenvalue weighted by molar-refractivity contribution is -0.184. The van der Waals surface area contributed by atoms with Gasteiger partial charge >= 0.3 is 6.18 Å². The molecule has 1 aromatic rings. The molecule has 8 heteroatoms. The third kappa shape index (κ3) is 5.95. The van der Waals surface area contributed by atoms with Gasteiger partial charge in [-0.2, -0.15) is 13.2 Å². The van der Waals surface area contributed by atoms with Crippen molar-refractivity contribution in [3.63, 3.8) is 0 Å². The van der Waals surface area contributed by atoms with Crippen LogP contribution in [0.25, 0.3) is 0 Å². The van der Waals surface area contributed by atoms with Crippen molar-refractivity contribution in [1.29, 1.82) is 0 Å². The lowest BCUT2D eigenvalue weighted by atomic mass is 9.85. The molecule has 1 aliphatic heterocycles. The van der Waals surface area contributed by atoms with E-state index in [4.69, 9.17) is 0 Å². The van der Waals surface area contributed by atoms with Gasteiger partial charge in [-0.1, -0.05) is 6.42 Å². The average molecular weight is 411 g/mol. The zero-order chi connectivity index (χ0) is 21.0. The van der Waals surface area contributed by atoms with Gasteiger partial charge in [-0.15, -0.1) is 0 Å². The summed E-state index contributed by atoms with van der Waals surface area (Å²) in [5.41, 5.74) is 1.72. The maximum atomic E-state index is 12.9. The van der Waals surface area contributed by atoms with Gasteiger partial charge in [0.2, 0.25) is 5.91 Å². The van der Waals surface area contributed by atoms with Crippen LogP contribution in [-0.2, 0) is 4.79 Å². The summed E-state index contributed by atoms with van der Waals surface area (Å²) in [6.45, 7) is 4.67. The largest absolute Gasteiger partial charge is 0.391 e. The lowest BCUT2D eigenvalue weighted by Gasteiger charge is -2.36. The van der Waals surface area contributed by atoms with Crippen LogP contribution in [0.1, 0.15) is 43.0 Å². The van der Waals surface area contributed by atoms with Gasteiger partial charge in [-0.25, -0.2) is 0 Å². The second-order valence-corrected chi connectivity index (χ2v) is 8.04. The van der Waals surface area contributed by atoms with Crippen LogP contribution in [0.2, 0.25) is 0 Å². The van der Waals surface area contributed by atoms with E-state index in [9.17, 15) is 22.8 Å². The molecule has 2 aliphatic rings. The number of rotatable bonds is 5. The third-order valence-corrected chi connectivity index (χ3v) is 5.88. The fourth-order valence-electron chi connectivity index (χ4n) is 4.17. The quantitative estimate of drug-likeness (QED) is 0.756. The highest BCUT2D eigenvalue weighted by atomic mass is 19.4. The highest BCUT2D eigenvalue weighted by Gasteiger charge is 2.42. The summed E-state index contributed by atoms with van der Waals surface area (Å²) < 4.78 is 38.8. The summed E-state index contributed by atoms with van der Waals surface area (Å²) in [6, 6.07) is 7.11. The Hall–Kier alpha value is -2.09. The molecule has 2 atom stereocenters. The van der Waals surface area contributed by atoms with Gasteiger partial charge in [0, 0.05) is 43.5 Å². The third-order valence-electron chi connectivity index (χ3n) is 5.88. The Morgan fingerprint density at radius 2 is 1.72 bits per heavy atom. The van der Waals surface area contributed by atoms with E-state index in [-0.39, 0.29) is 37.1 Å². The van der Waals surface area contributed by atoms with Crippen LogP contribution in [0.4, 0.5) is 18.9 Å². The summed E-state index contributed by atoms with van der Waals surface area (Å²) in [6.07, 6.45) is -2.93. The van der Waals surface area contributed by atoms with Crippen LogP contribution in [0.15, 0.2) is 24.3 Å². The van der Waals surface area contributed by atoms with Crippen molar-refractivity contribution < 1.29 is 22.8 Å². The monoisotopic (exact) mass is 411 g/mol. The molecule has 1 aliphatic carbocycles. The lowest BCUT2D eigenvalue weighted by Crippen LogP contribution is -2.51. The van der Waals surface area contributed by atoms with Gasteiger partial charge < -0.3 is 10.2 Å². The number of benzene rings is 1. The van der Waals surface area contributed by atoms with Gasteiger partial charge in [0.1, 0.15) is 0 Å². The van der Waals surface area contributed by atoms with E-state index in [1.165, 1.54) is 6.92 Å². The molecule has 3 rings (SSSR count). The number of amides is 1. The smallest absolute Gasteiger partial charge is 0.369 e. The van der Waals surface area contributed by atoms with Crippen LogP contribution in [0.3, 0.4) is 0 Å². The fraction of sp³-hybridized carbons (Fsp3) is 0.619. The summed E-state index contributed by atoms with van der Waals surface area (Å²) in [4.78, 5) is 27.9. The van der Waals surface area contributed by atoms with Gasteiger partial charge in [0.15, 0.2) is 5.78 Å². The summed E-state index contributed by atoms with van der Waals surface area (Å²) in [5, 5.41) is 2.80. The Bertz CT molecular complexity index is 713. The first-order valence-electron chi connectivity index (χ1n) is 10.2. The number of hydrogen-bond acceptors (Lipinski definition) is 4. The first-order chi connectivity index (χ1) is 13.7. The van der Waals surface area contributed by atoms with Gasteiger partial charge in [-0.05, 0) is 50.5 Å². The molecule has 1 N–H and O–H groups in total. The molecule has 1 saturated heterocycles. The first-order valence-corrected chi connectivity index (χ1v) is 10.2. The Labute approximate surface area is 169 Å². The molecule has 1 heterocycles. The molecule has 0 unspecified atom stereocenters. The molecule has 0 bridgehead atoms. The van der Waals surface area contributed by atoms with Crippen molar-refractivity contribution in [3.8, 4) is 0 Å². The number of halogens is 3. The van der Waals surface area contributed by atoms with Crippen LogP contribution < -0.4 is 10.2 Å². The number of anilines is 1. The minimum atomic E-state index is -4.18. The Morgan fingerprint density at radius 3 is 2.31 bits per heavy atom. The first kappa shape index (κ1) is 21.6. The van der Waals surface area contributed by atoms with E-state index in [0.29, 0.717) is 31.5 Å². The molecular weight excluding hydrogens is 383 g/mol. The topological polar surface area (TPSA) is 52.7 Å². The number of nitrogens with zero attached hydrogens (tertiary/aromatic N) is 2. The fourth-order valence-corrected chi connectivity index (χ4v) is 4.17. The highest BCUT2D eigenvalue weighted by Crippen LogP contribution is 2.37. The van der Waals surface area contributed by atoms with Crippen molar-refractivity contribution >= 4 is 17.4 Å². The molecule has 0 radical (unpaired) electrons. The number of hydrogen-bond donors (Lipinski definition) is 1. The summed E-state index contributed by atoms with van der Waals surface area (Å²) in [5.74, 6) is -1.47. The van der Waals surface area contributed by atoms with Crippen LogP contribution in [0.5, 0.6) is 0 Å². The Morgan fingerprint density at radius 1 is 1.07 bits per heavy atom. The van der Waals surface area contributed by atoms with E-state index in [0.717, 1.165) is 18.8 Å². The molecule has 5 nitrogen and oxygen atoms in total. The number of ketones is 1. The van der Waals surface area contributed by atoms with Gasteiger partial charge in [-0.3, -0.25) is 14.5 Å². The number of carbonyl (C=O) groups is 2. The maximum Gasteiger partial charge on any atom is 0.391 e. The predicted molar refractivity (Wildman–Crippen MR) is 105 cm³/mol. The minimum Gasteiger partial charge on any atom is -0.369 e. The molecule has 1 amide bonds. The predicted octanol–water partition coefficient (Wildman–Crippen LogP) is 3.25. The number of alkyl halides is 3. The second-order valence-electron chi connectivity index (χ2n) is 8.04. The van der Waals surface area contributed by atoms with E-state index < -0.39 is 12.1 Å². The maximum absolute atomic E-state index is 12.9. The van der Waals surface area contributed by atoms with Gasteiger partial charge in [0.25, 0.3) is 0 Å². The summed E-state index contributed by atoms with van der Waals surface area (Å²) >= 11 is 0. The Kier molecular flexibility index (Phi) is 6.82. The van der Waals surface area contributed by atoms with Crippen molar-refractivity contribution in [2.75, 3.05) is 37.6 Å². The van der Waals surface area contributed by atoms with Crippen LogP contribution in [0, 0.1) is 5.92 Å². The SMILES string of the molecule is CC(=O)c1ccc(N2CCN(CC(=O)N[C@@H]3CCC[C@H](C(F)(F)F)C3)CC2)cc1. The van der Waals surface area contributed by atoms with E-state index in [2.05, 4.69) is 10.2 Å². The molecule has 1 aromatic carbocycles. The van der Waals surface area contributed by atoms with Crippen molar-refractivity contribution in [2.45, 2.75) is 44.8 Å². The Balaban J connectivity index is 1.43. The molecular formula is C21H28F3N3O2. The van der Waals surface area contributed by atoms with Crippen LogP contribution in [-0.4, -0.2) is 61.5 Å². The molecule has 0 spiro atoms. The molecule has 1 saturated carbocycles. The standard InChI is InChI=1S/C21H28F3N3O2/c1-15(28)16-5-7-19(8-6-16)27-11-9-26(10-12-27)14-20(29)25-18-4-2-3-17(13-18)21(22,23)24/h5-8,17-18H,2-4,9-14H2,1H3,(H,25,29)/t17-,18+/m0/s1. The molecule has 160 valence electrons. The van der Waals surface area contributed by atoms with Crippen molar-refractivity contribution in [3.05, 3.63) is 29.8 Å². The minimum absolute atomic E-state index is 0.0146. The molecule has 2 fully saturated rings. The second kappa shape index (κ2) is 9.15. The number of piperazine rings is 1. The van der Waals surface area contributed by atoms with Crippen molar-refractivity contribution in [2.24, 2.45) is 5.92 Å². The zero-order valence-electron chi connectivity index (χ0n) is 16.7. The number of carbonyl (C=O) groups excluding carboxylic acids is 2. The van der Waals surface area contributed by atoms with E-state index >= 15 is 0 Å². The van der Waals surface area contributed by atoms with Crippen LogP contribution >= 0.6 is 0 Å².